The van der Waals surface area contributed by atoms with Gasteiger partial charge < -0.3 is 10.1 Å². The molecule has 0 aliphatic heterocycles. The summed E-state index contributed by atoms with van der Waals surface area (Å²) in [6, 6.07) is 9.93. The van der Waals surface area contributed by atoms with Crippen LogP contribution in [0.2, 0.25) is 0 Å². The molecule has 0 saturated carbocycles. The molecule has 0 atom stereocenters. The Morgan fingerprint density at radius 2 is 2.09 bits per heavy atom. The van der Waals surface area contributed by atoms with Crippen LogP contribution in [-0.4, -0.2) is 40.2 Å². The monoisotopic (exact) mass is 302 g/mol. The van der Waals surface area contributed by atoms with Gasteiger partial charge in [0.15, 0.2) is 5.69 Å². The molecule has 0 aliphatic carbocycles. The van der Waals surface area contributed by atoms with Gasteiger partial charge in [0.25, 0.3) is 5.91 Å². The molecule has 1 aromatic carbocycles. The number of carbonyl (C=O) groups is 1. The molecule has 0 radical (unpaired) electrons. The number of hydrogen-bond donors (Lipinski definition) is 1. The lowest BCUT2D eigenvalue weighted by Crippen LogP contribution is -2.25. The van der Waals surface area contributed by atoms with Crippen molar-refractivity contribution in [2.75, 3.05) is 13.2 Å². The molecule has 0 unspecified atom stereocenters. The van der Waals surface area contributed by atoms with Crippen molar-refractivity contribution in [3.63, 3.8) is 0 Å². The summed E-state index contributed by atoms with van der Waals surface area (Å²) in [4.78, 5) is 11.9. The first-order chi connectivity index (χ1) is 10.6. The molecule has 118 valence electrons. The van der Waals surface area contributed by atoms with E-state index in [1.165, 1.54) is 0 Å². The third kappa shape index (κ3) is 5.29. The third-order valence-corrected chi connectivity index (χ3v) is 3.02. The van der Waals surface area contributed by atoms with Crippen LogP contribution in [0.25, 0.3) is 0 Å². The Kier molecular flexibility index (Phi) is 6.09. The first kappa shape index (κ1) is 16.2. The Hall–Kier alpha value is -2.21. The first-order valence-corrected chi connectivity index (χ1v) is 7.49. The van der Waals surface area contributed by atoms with Crippen molar-refractivity contribution in [3.8, 4) is 0 Å². The molecule has 22 heavy (non-hydrogen) atoms. The van der Waals surface area contributed by atoms with Crippen molar-refractivity contribution >= 4 is 5.91 Å². The average Bonchev–Trinajstić information content (AvgIpc) is 2.96. The van der Waals surface area contributed by atoms with E-state index in [0.29, 0.717) is 25.4 Å². The lowest BCUT2D eigenvalue weighted by molar-refractivity contribution is 0.0756. The number of nitrogens with zero attached hydrogens (tertiary/aromatic N) is 3. The van der Waals surface area contributed by atoms with Gasteiger partial charge in [-0.2, -0.15) is 0 Å². The Bertz CT molecular complexity index is 581. The van der Waals surface area contributed by atoms with E-state index in [-0.39, 0.29) is 12.0 Å². The minimum absolute atomic E-state index is 0.205. The van der Waals surface area contributed by atoms with Crippen molar-refractivity contribution in [2.45, 2.75) is 32.9 Å². The number of benzene rings is 1. The summed E-state index contributed by atoms with van der Waals surface area (Å²) in [7, 11) is 0. The lowest BCUT2D eigenvalue weighted by Gasteiger charge is -2.07. The fraction of sp³-hybridized carbons (Fsp3) is 0.438. The Labute approximate surface area is 130 Å². The largest absolute Gasteiger partial charge is 0.379 e. The van der Waals surface area contributed by atoms with Crippen LogP contribution in [0.15, 0.2) is 36.5 Å². The van der Waals surface area contributed by atoms with Crippen molar-refractivity contribution in [1.82, 2.24) is 20.3 Å². The molecule has 2 aromatic rings. The van der Waals surface area contributed by atoms with E-state index in [9.17, 15) is 4.79 Å². The average molecular weight is 302 g/mol. The number of aromatic nitrogens is 3. The smallest absolute Gasteiger partial charge is 0.273 e. The number of amides is 1. The van der Waals surface area contributed by atoms with Crippen LogP contribution in [0, 0.1) is 0 Å². The second-order valence-corrected chi connectivity index (χ2v) is 5.32. The molecule has 1 amide bonds. The maximum Gasteiger partial charge on any atom is 0.273 e. The molecule has 0 fully saturated rings. The highest BCUT2D eigenvalue weighted by Gasteiger charge is 2.10. The summed E-state index contributed by atoms with van der Waals surface area (Å²) in [6.45, 7) is 5.78. The molecule has 6 heteroatoms. The van der Waals surface area contributed by atoms with Crippen molar-refractivity contribution < 1.29 is 9.53 Å². The summed E-state index contributed by atoms with van der Waals surface area (Å²) < 4.78 is 7.08. The summed E-state index contributed by atoms with van der Waals surface area (Å²) in [5, 5.41) is 10.7. The molecule has 0 aliphatic rings. The fourth-order valence-electron chi connectivity index (χ4n) is 1.93. The van der Waals surface area contributed by atoms with Gasteiger partial charge in [0.05, 0.1) is 18.8 Å². The van der Waals surface area contributed by atoms with E-state index in [1.54, 1.807) is 10.9 Å². The van der Waals surface area contributed by atoms with Crippen LogP contribution in [0.5, 0.6) is 0 Å². The SMILES string of the molecule is CC(C)OCCCNC(=O)c1cn(Cc2ccccc2)nn1. The van der Waals surface area contributed by atoms with Crippen LogP contribution < -0.4 is 5.32 Å². The molecule has 0 bridgehead atoms. The van der Waals surface area contributed by atoms with Gasteiger partial charge in [0.2, 0.25) is 0 Å². The van der Waals surface area contributed by atoms with E-state index >= 15 is 0 Å². The minimum Gasteiger partial charge on any atom is -0.379 e. The quantitative estimate of drug-likeness (QED) is 0.756. The summed E-state index contributed by atoms with van der Waals surface area (Å²) in [5.74, 6) is -0.205. The second kappa shape index (κ2) is 8.29. The van der Waals surface area contributed by atoms with Gasteiger partial charge in [0, 0.05) is 13.2 Å². The highest BCUT2D eigenvalue weighted by molar-refractivity contribution is 5.91. The Balaban J connectivity index is 1.77. The van der Waals surface area contributed by atoms with Crippen molar-refractivity contribution in [1.29, 1.82) is 0 Å². The van der Waals surface area contributed by atoms with E-state index in [2.05, 4.69) is 15.6 Å². The van der Waals surface area contributed by atoms with Gasteiger partial charge in [-0.3, -0.25) is 4.79 Å². The van der Waals surface area contributed by atoms with Crippen LogP contribution in [-0.2, 0) is 11.3 Å². The maximum atomic E-state index is 11.9. The Morgan fingerprint density at radius 3 is 2.82 bits per heavy atom. The Morgan fingerprint density at radius 1 is 1.32 bits per heavy atom. The number of rotatable bonds is 8. The third-order valence-electron chi connectivity index (χ3n) is 3.02. The summed E-state index contributed by atoms with van der Waals surface area (Å²) in [5.41, 5.74) is 1.45. The zero-order valence-electron chi connectivity index (χ0n) is 13.0. The van der Waals surface area contributed by atoms with E-state index in [1.807, 2.05) is 44.2 Å². The predicted octanol–water partition coefficient (Wildman–Crippen LogP) is 1.87. The maximum absolute atomic E-state index is 11.9. The van der Waals surface area contributed by atoms with Gasteiger partial charge in [-0.1, -0.05) is 35.5 Å². The molecule has 1 aromatic heterocycles. The van der Waals surface area contributed by atoms with Crippen LogP contribution in [0.3, 0.4) is 0 Å². The fourth-order valence-corrected chi connectivity index (χ4v) is 1.93. The molecule has 1 heterocycles. The van der Waals surface area contributed by atoms with Gasteiger partial charge >= 0.3 is 0 Å². The molecule has 0 saturated heterocycles. The standard InChI is InChI=1S/C16H22N4O2/c1-13(2)22-10-6-9-17-16(21)15-12-20(19-18-15)11-14-7-4-3-5-8-14/h3-5,7-8,12-13H,6,9-11H2,1-2H3,(H,17,21). The topological polar surface area (TPSA) is 69.0 Å². The predicted molar refractivity (Wildman–Crippen MR) is 83.6 cm³/mol. The summed E-state index contributed by atoms with van der Waals surface area (Å²) >= 11 is 0. The number of carbonyl (C=O) groups excluding carboxylic acids is 1. The first-order valence-electron chi connectivity index (χ1n) is 7.49. The number of ether oxygens (including phenoxy) is 1. The highest BCUT2D eigenvalue weighted by atomic mass is 16.5. The van der Waals surface area contributed by atoms with E-state index in [0.717, 1.165) is 12.0 Å². The molecular weight excluding hydrogens is 280 g/mol. The van der Waals surface area contributed by atoms with E-state index < -0.39 is 0 Å². The number of hydrogen-bond acceptors (Lipinski definition) is 4. The lowest BCUT2D eigenvalue weighted by atomic mass is 10.2. The van der Waals surface area contributed by atoms with Gasteiger partial charge in [-0.25, -0.2) is 4.68 Å². The zero-order valence-corrected chi connectivity index (χ0v) is 13.0. The molecule has 2 rings (SSSR count). The van der Waals surface area contributed by atoms with E-state index in [4.69, 9.17) is 4.74 Å². The van der Waals surface area contributed by atoms with Crippen LogP contribution >= 0.6 is 0 Å². The van der Waals surface area contributed by atoms with Gasteiger partial charge in [0.1, 0.15) is 0 Å². The van der Waals surface area contributed by atoms with Crippen LogP contribution in [0.1, 0.15) is 36.3 Å². The zero-order chi connectivity index (χ0) is 15.8. The number of nitrogens with one attached hydrogen (secondary N) is 1. The van der Waals surface area contributed by atoms with Gasteiger partial charge in [-0.05, 0) is 25.8 Å². The molecule has 0 spiro atoms. The molecule has 6 nitrogen and oxygen atoms in total. The molecule has 1 N–H and O–H groups in total. The summed E-state index contributed by atoms with van der Waals surface area (Å²) in [6.07, 6.45) is 2.66. The van der Waals surface area contributed by atoms with Crippen molar-refractivity contribution in [2.24, 2.45) is 0 Å². The second-order valence-electron chi connectivity index (χ2n) is 5.32. The van der Waals surface area contributed by atoms with Crippen molar-refractivity contribution in [3.05, 3.63) is 47.8 Å². The van der Waals surface area contributed by atoms with Gasteiger partial charge in [-0.15, -0.1) is 5.10 Å². The minimum atomic E-state index is -0.205. The normalized spacial score (nSPS) is 10.9. The molecular formula is C16H22N4O2. The highest BCUT2D eigenvalue weighted by Crippen LogP contribution is 2.02. The van der Waals surface area contributed by atoms with Crippen LogP contribution in [0.4, 0.5) is 0 Å².